The summed E-state index contributed by atoms with van der Waals surface area (Å²) in [6.45, 7) is 2.30. The fourth-order valence-corrected chi connectivity index (χ4v) is 4.22. The lowest BCUT2D eigenvalue weighted by atomic mass is 9.81. The average molecular weight is 369 g/mol. The minimum atomic E-state index is -0.513. The molecule has 1 spiro atoms. The van der Waals surface area contributed by atoms with Crippen molar-refractivity contribution < 1.29 is 19.7 Å². The third kappa shape index (κ3) is 3.81. The molecular weight excluding hydrogens is 342 g/mol. The van der Waals surface area contributed by atoms with Crippen molar-refractivity contribution in [2.45, 2.75) is 37.1 Å². The lowest BCUT2D eigenvalue weighted by Crippen LogP contribution is -2.51. The van der Waals surface area contributed by atoms with Crippen LogP contribution < -0.4 is 9.47 Å². The molecule has 144 valence electrons. The number of fused-ring (bicyclic) bond motifs is 1. The van der Waals surface area contributed by atoms with Crippen molar-refractivity contribution in [3.63, 3.8) is 0 Å². The van der Waals surface area contributed by atoms with Gasteiger partial charge in [0, 0.05) is 37.7 Å². The van der Waals surface area contributed by atoms with E-state index in [4.69, 9.17) is 9.47 Å². The molecule has 2 N–H and O–H groups in total. The second-order valence-corrected chi connectivity index (χ2v) is 7.64. The molecule has 0 aliphatic carbocycles. The van der Waals surface area contributed by atoms with Gasteiger partial charge in [0.1, 0.15) is 17.1 Å². The summed E-state index contributed by atoms with van der Waals surface area (Å²) in [6.07, 6.45) is 1.29. The zero-order chi connectivity index (χ0) is 18.9. The summed E-state index contributed by atoms with van der Waals surface area (Å²) in [4.78, 5) is 2.28. The van der Waals surface area contributed by atoms with Gasteiger partial charge in [0.15, 0.2) is 0 Å². The van der Waals surface area contributed by atoms with Crippen LogP contribution in [0.25, 0.3) is 0 Å². The fourth-order valence-electron chi connectivity index (χ4n) is 4.22. The highest BCUT2D eigenvalue weighted by atomic mass is 16.5. The first-order chi connectivity index (χ1) is 13.1. The van der Waals surface area contributed by atoms with E-state index >= 15 is 0 Å². The molecule has 0 saturated carbocycles. The predicted molar refractivity (Wildman–Crippen MR) is 103 cm³/mol. The minimum Gasteiger partial charge on any atom is -0.497 e. The van der Waals surface area contributed by atoms with E-state index in [-0.39, 0.29) is 5.60 Å². The van der Waals surface area contributed by atoms with Crippen molar-refractivity contribution in [2.24, 2.45) is 0 Å². The standard InChI is InChI=1S/C22H27NO4/c1-26-17-7-8-18-19(24)14-22(27-21(18)13-17)9-11-23(12-10-22)15-20(25)16-5-3-2-4-6-16/h2-8,13,19-20,24-25H,9-12,14-15H2,1H3. The number of aliphatic hydroxyl groups is 2. The van der Waals surface area contributed by atoms with Gasteiger partial charge in [0.2, 0.25) is 0 Å². The topological polar surface area (TPSA) is 62.2 Å². The summed E-state index contributed by atoms with van der Waals surface area (Å²) in [5.41, 5.74) is 1.44. The summed E-state index contributed by atoms with van der Waals surface area (Å²) in [5, 5.41) is 21.1. The van der Waals surface area contributed by atoms with Crippen LogP contribution in [-0.2, 0) is 0 Å². The Kier molecular flexibility index (Phi) is 5.08. The molecular formula is C22H27NO4. The molecule has 4 rings (SSSR count). The molecule has 2 unspecified atom stereocenters. The van der Waals surface area contributed by atoms with Gasteiger partial charge >= 0.3 is 0 Å². The van der Waals surface area contributed by atoms with Gasteiger partial charge in [0.25, 0.3) is 0 Å². The Morgan fingerprint density at radius 2 is 1.93 bits per heavy atom. The maximum atomic E-state index is 10.6. The average Bonchev–Trinajstić information content (AvgIpc) is 2.70. The highest BCUT2D eigenvalue weighted by Crippen LogP contribution is 2.45. The molecule has 1 saturated heterocycles. The van der Waals surface area contributed by atoms with Gasteiger partial charge in [-0.05, 0) is 30.5 Å². The first kappa shape index (κ1) is 18.3. The highest BCUT2D eigenvalue weighted by molar-refractivity contribution is 5.44. The Bertz CT molecular complexity index is 771. The molecule has 2 heterocycles. The second kappa shape index (κ2) is 7.50. The number of rotatable bonds is 4. The molecule has 1 fully saturated rings. The molecule has 2 aromatic carbocycles. The Morgan fingerprint density at radius 1 is 1.19 bits per heavy atom. The van der Waals surface area contributed by atoms with Crippen LogP contribution >= 0.6 is 0 Å². The number of aliphatic hydroxyl groups excluding tert-OH is 2. The Labute approximate surface area is 160 Å². The monoisotopic (exact) mass is 369 g/mol. The largest absolute Gasteiger partial charge is 0.497 e. The summed E-state index contributed by atoms with van der Waals surface area (Å²) >= 11 is 0. The predicted octanol–water partition coefficient (Wildman–Crippen LogP) is 3.08. The third-order valence-electron chi connectivity index (χ3n) is 5.85. The van der Waals surface area contributed by atoms with Gasteiger partial charge in [-0.25, -0.2) is 0 Å². The normalized spacial score (nSPS) is 22.7. The van der Waals surface area contributed by atoms with E-state index in [1.165, 1.54) is 0 Å². The number of benzene rings is 2. The second-order valence-electron chi connectivity index (χ2n) is 7.64. The van der Waals surface area contributed by atoms with E-state index in [1.54, 1.807) is 7.11 Å². The Balaban J connectivity index is 1.41. The van der Waals surface area contributed by atoms with Crippen LogP contribution in [0.5, 0.6) is 11.5 Å². The zero-order valence-electron chi connectivity index (χ0n) is 15.7. The minimum absolute atomic E-state index is 0.340. The summed E-state index contributed by atoms with van der Waals surface area (Å²) in [5.74, 6) is 1.47. The van der Waals surface area contributed by atoms with E-state index < -0.39 is 12.2 Å². The first-order valence-corrected chi connectivity index (χ1v) is 9.59. The number of nitrogens with zero attached hydrogens (tertiary/aromatic N) is 1. The van der Waals surface area contributed by atoms with Crippen LogP contribution in [0.1, 0.15) is 42.6 Å². The molecule has 2 aromatic rings. The van der Waals surface area contributed by atoms with Crippen molar-refractivity contribution in [2.75, 3.05) is 26.7 Å². The van der Waals surface area contributed by atoms with Crippen molar-refractivity contribution in [1.29, 1.82) is 0 Å². The van der Waals surface area contributed by atoms with Crippen molar-refractivity contribution in [3.05, 3.63) is 59.7 Å². The maximum absolute atomic E-state index is 10.6. The lowest BCUT2D eigenvalue weighted by molar-refractivity contribution is -0.0588. The van der Waals surface area contributed by atoms with Crippen molar-refractivity contribution in [3.8, 4) is 11.5 Å². The van der Waals surface area contributed by atoms with E-state index in [0.29, 0.717) is 13.0 Å². The Hall–Kier alpha value is -2.08. The molecule has 27 heavy (non-hydrogen) atoms. The van der Waals surface area contributed by atoms with Crippen LogP contribution in [0.15, 0.2) is 48.5 Å². The van der Waals surface area contributed by atoms with E-state index in [1.807, 2.05) is 48.5 Å². The molecule has 5 nitrogen and oxygen atoms in total. The lowest BCUT2D eigenvalue weighted by Gasteiger charge is -2.46. The first-order valence-electron chi connectivity index (χ1n) is 9.59. The Morgan fingerprint density at radius 3 is 2.63 bits per heavy atom. The van der Waals surface area contributed by atoms with Gasteiger partial charge in [-0.15, -0.1) is 0 Å². The van der Waals surface area contributed by atoms with Crippen molar-refractivity contribution >= 4 is 0 Å². The van der Waals surface area contributed by atoms with Crippen LogP contribution in [0.3, 0.4) is 0 Å². The summed E-state index contributed by atoms with van der Waals surface area (Å²) in [6, 6.07) is 15.4. The van der Waals surface area contributed by atoms with Crippen LogP contribution in [0.4, 0.5) is 0 Å². The molecule has 0 bridgehead atoms. The molecule has 2 aliphatic rings. The number of piperidine rings is 1. The molecule has 5 heteroatoms. The number of methoxy groups -OCH3 is 1. The van der Waals surface area contributed by atoms with Crippen LogP contribution in [-0.4, -0.2) is 47.5 Å². The van der Waals surface area contributed by atoms with Gasteiger partial charge in [0.05, 0.1) is 19.3 Å². The quantitative estimate of drug-likeness (QED) is 0.867. The fraction of sp³-hybridized carbons (Fsp3) is 0.455. The third-order valence-corrected chi connectivity index (χ3v) is 5.85. The zero-order valence-corrected chi connectivity index (χ0v) is 15.7. The number of likely N-dealkylation sites (tertiary alicyclic amines) is 1. The summed E-state index contributed by atoms with van der Waals surface area (Å²) < 4.78 is 11.7. The molecule has 0 aromatic heterocycles. The van der Waals surface area contributed by atoms with E-state index in [0.717, 1.165) is 48.6 Å². The molecule has 2 aliphatic heterocycles. The number of β-amino-alcohol motifs (C(OH)–C–C–N with tert-alkyl or cyclic N) is 1. The van der Waals surface area contributed by atoms with Crippen LogP contribution in [0, 0.1) is 0 Å². The van der Waals surface area contributed by atoms with Crippen molar-refractivity contribution in [1.82, 2.24) is 4.90 Å². The van der Waals surface area contributed by atoms with Gasteiger partial charge in [-0.2, -0.15) is 0 Å². The smallest absolute Gasteiger partial charge is 0.129 e. The number of ether oxygens (including phenoxy) is 2. The molecule has 0 radical (unpaired) electrons. The van der Waals surface area contributed by atoms with Crippen LogP contribution in [0.2, 0.25) is 0 Å². The number of hydrogen-bond acceptors (Lipinski definition) is 5. The van der Waals surface area contributed by atoms with E-state index in [9.17, 15) is 10.2 Å². The molecule has 0 amide bonds. The van der Waals surface area contributed by atoms with Gasteiger partial charge < -0.3 is 24.6 Å². The van der Waals surface area contributed by atoms with E-state index in [2.05, 4.69) is 4.90 Å². The molecule has 2 atom stereocenters. The van der Waals surface area contributed by atoms with Gasteiger partial charge in [-0.1, -0.05) is 30.3 Å². The number of hydrogen-bond donors (Lipinski definition) is 2. The highest BCUT2D eigenvalue weighted by Gasteiger charge is 2.43. The van der Waals surface area contributed by atoms with Gasteiger partial charge in [-0.3, -0.25) is 0 Å². The SMILES string of the molecule is COc1ccc2c(c1)OC1(CCN(CC(O)c3ccccc3)CC1)CC2O. The maximum Gasteiger partial charge on any atom is 0.129 e. The summed E-state index contributed by atoms with van der Waals surface area (Å²) in [7, 11) is 1.63.